The zero-order chi connectivity index (χ0) is 18.8. The van der Waals surface area contributed by atoms with Crippen molar-refractivity contribution < 1.29 is 13.9 Å². The third kappa shape index (κ3) is 6.89. The van der Waals surface area contributed by atoms with Crippen LogP contribution in [0.3, 0.4) is 0 Å². The number of halogens is 1. The minimum atomic E-state index is 0. The van der Waals surface area contributed by atoms with Gasteiger partial charge >= 0.3 is 0 Å². The van der Waals surface area contributed by atoms with E-state index in [1.807, 2.05) is 19.2 Å². The van der Waals surface area contributed by atoms with Crippen molar-refractivity contribution in [3.05, 3.63) is 24.2 Å². The number of aliphatic imine (C=N–C) groups is 1. The highest BCUT2D eigenvalue weighted by atomic mass is 127. The first-order valence-corrected chi connectivity index (χ1v) is 10.2. The van der Waals surface area contributed by atoms with Gasteiger partial charge in [-0.25, -0.2) is 0 Å². The van der Waals surface area contributed by atoms with Gasteiger partial charge in [0.1, 0.15) is 12.4 Å². The molecule has 0 bridgehead atoms. The Bertz CT molecular complexity index is 556. The average Bonchev–Trinajstić information content (AvgIpc) is 3.42. The molecule has 0 saturated carbocycles. The number of likely N-dealkylation sites (tertiary alicyclic amines) is 1. The first-order chi connectivity index (χ1) is 13.3. The molecule has 1 aromatic rings. The summed E-state index contributed by atoms with van der Waals surface area (Å²) < 4.78 is 16.5. The Morgan fingerprint density at radius 3 is 2.71 bits per heavy atom. The molecule has 0 unspecified atom stereocenters. The average molecular weight is 506 g/mol. The fraction of sp³-hybridized carbons (Fsp3) is 0.750. The summed E-state index contributed by atoms with van der Waals surface area (Å²) in [7, 11) is 1.83. The lowest BCUT2D eigenvalue weighted by molar-refractivity contribution is -0.0164. The normalized spacial score (nSPS) is 20.0. The van der Waals surface area contributed by atoms with E-state index in [-0.39, 0.29) is 29.5 Å². The number of nitrogens with zero attached hydrogens (tertiary/aromatic N) is 2. The summed E-state index contributed by atoms with van der Waals surface area (Å²) in [5.41, 5.74) is 0.207. The second kappa shape index (κ2) is 12.7. The van der Waals surface area contributed by atoms with Gasteiger partial charge in [0.25, 0.3) is 0 Å². The molecule has 7 nitrogen and oxygen atoms in total. The molecule has 160 valence electrons. The number of furan rings is 1. The lowest BCUT2D eigenvalue weighted by Gasteiger charge is -2.45. The number of hydrogen-bond acceptors (Lipinski definition) is 5. The third-order valence-electron chi connectivity index (χ3n) is 5.59. The Morgan fingerprint density at radius 1 is 1.25 bits per heavy atom. The van der Waals surface area contributed by atoms with Gasteiger partial charge in [-0.15, -0.1) is 24.0 Å². The van der Waals surface area contributed by atoms with Crippen molar-refractivity contribution in [1.29, 1.82) is 0 Å². The molecule has 0 aromatic carbocycles. The van der Waals surface area contributed by atoms with Crippen LogP contribution < -0.4 is 10.6 Å². The van der Waals surface area contributed by atoms with Crippen LogP contribution in [0.1, 0.15) is 37.9 Å². The van der Waals surface area contributed by atoms with Crippen LogP contribution in [-0.4, -0.2) is 69.4 Å². The highest BCUT2D eigenvalue weighted by Crippen LogP contribution is 2.30. The summed E-state index contributed by atoms with van der Waals surface area (Å²) in [5, 5.41) is 6.95. The van der Waals surface area contributed by atoms with E-state index in [0.29, 0.717) is 13.2 Å². The molecule has 0 atom stereocenters. The van der Waals surface area contributed by atoms with Gasteiger partial charge in [0.15, 0.2) is 5.96 Å². The maximum atomic E-state index is 5.63. The van der Waals surface area contributed by atoms with Crippen LogP contribution >= 0.6 is 24.0 Å². The van der Waals surface area contributed by atoms with E-state index in [1.54, 1.807) is 6.26 Å². The fourth-order valence-corrected chi connectivity index (χ4v) is 3.96. The van der Waals surface area contributed by atoms with Gasteiger partial charge < -0.3 is 24.5 Å². The fourth-order valence-electron chi connectivity index (χ4n) is 3.96. The molecule has 2 N–H and O–H groups in total. The number of rotatable bonds is 9. The van der Waals surface area contributed by atoms with Crippen molar-refractivity contribution in [2.24, 2.45) is 4.99 Å². The van der Waals surface area contributed by atoms with Gasteiger partial charge in [0.05, 0.1) is 6.26 Å². The van der Waals surface area contributed by atoms with Gasteiger partial charge in [-0.3, -0.25) is 9.89 Å². The van der Waals surface area contributed by atoms with E-state index in [1.165, 1.54) is 25.9 Å². The van der Waals surface area contributed by atoms with E-state index in [4.69, 9.17) is 13.9 Å². The number of nitrogens with one attached hydrogen (secondary N) is 2. The van der Waals surface area contributed by atoms with Gasteiger partial charge in [-0.05, 0) is 57.3 Å². The zero-order valence-corrected chi connectivity index (χ0v) is 19.3. The predicted octanol–water partition coefficient (Wildman–Crippen LogP) is 2.61. The van der Waals surface area contributed by atoms with E-state index in [9.17, 15) is 0 Å². The van der Waals surface area contributed by atoms with Crippen molar-refractivity contribution >= 4 is 29.9 Å². The molecule has 2 aliphatic heterocycles. The van der Waals surface area contributed by atoms with Crippen LogP contribution in [0.25, 0.3) is 0 Å². The van der Waals surface area contributed by atoms with Gasteiger partial charge in [0.2, 0.25) is 0 Å². The molecule has 8 heteroatoms. The van der Waals surface area contributed by atoms with E-state index in [2.05, 4.69) is 20.5 Å². The number of hydrogen-bond donors (Lipinski definition) is 2. The topological polar surface area (TPSA) is 71.3 Å². The molecule has 3 heterocycles. The van der Waals surface area contributed by atoms with Gasteiger partial charge in [-0.1, -0.05) is 0 Å². The zero-order valence-electron chi connectivity index (χ0n) is 17.0. The van der Waals surface area contributed by atoms with Crippen LogP contribution in [0.2, 0.25) is 0 Å². The van der Waals surface area contributed by atoms with Crippen molar-refractivity contribution in [3.8, 4) is 0 Å². The standard InChI is InChI=1S/C20H34N4O3.HI/c1-21-19(22-9-5-12-26-16-18-6-4-13-27-18)23-17-20(7-14-25-15-8-20)24-10-2-3-11-24;/h4,6,13H,2-3,5,7-12,14-17H2,1H3,(H2,21,22,23);1H. The van der Waals surface area contributed by atoms with Gasteiger partial charge in [0, 0.05) is 45.5 Å². The minimum Gasteiger partial charge on any atom is -0.467 e. The highest BCUT2D eigenvalue weighted by Gasteiger charge is 2.39. The molecule has 0 radical (unpaired) electrons. The number of guanidine groups is 1. The Hall–Kier alpha value is -0.840. The SMILES string of the molecule is CN=C(NCCCOCc1ccco1)NCC1(N2CCCC2)CCOCC1.I. The predicted molar refractivity (Wildman–Crippen MR) is 121 cm³/mol. The van der Waals surface area contributed by atoms with E-state index >= 15 is 0 Å². The molecule has 2 aliphatic rings. The van der Waals surface area contributed by atoms with Crippen LogP contribution in [-0.2, 0) is 16.1 Å². The van der Waals surface area contributed by atoms with Crippen molar-refractivity contribution in [3.63, 3.8) is 0 Å². The number of ether oxygens (including phenoxy) is 2. The quantitative estimate of drug-likeness (QED) is 0.232. The van der Waals surface area contributed by atoms with E-state index < -0.39 is 0 Å². The molecular formula is C20H35IN4O3. The molecule has 1 aromatic heterocycles. The molecular weight excluding hydrogens is 471 g/mol. The van der Waals surface area contributed by atoms with E-state index in [0.717, 1.165) is 57.3 Å². The maximum Gasteiger partial charge on any atom is 0.191 e. The first kappa shape index (κ1) is 23.4. The molecule has 3 rings (SSSR count). The van der Waals surface area contributed by atoms with Crippen LogP contribution in [0.5, 0.6) is 0 Å². The summed E-state index contributed by atoms with van der Waals surface area (Å²) in [5.74, 6) is 1.73. The molecule has 2 saturated heterocycles. The molecule has 2 fully saturated rings. The lowest BCUT2D eigenvalue weighted by Crippen LogP contribution is -2.58. The van der Waals surface area contributed by atoms with Crippen LogP contribution in [0.4, 0.5) is 0 Å². The summed E-state index contributed by atoms with van der Waals surface area (Å²) in [6, 6.07) is 3.81. The largest absolute Gasteiger partial charge is 0.467 e. The smallest absolute Gasteiger partial charge is 0.191 e. The first-order valence-electron chi connectivity index (χ1n) is 10.2. The Kier molecular flexibility index (Phi) is 10.6. The summed E-state index contributed by atoms with van der Waals surface area (Å²) in [6.07, 6.45) is 7.41. The Balaban J connectivity index is 0.00000280. The molecule has 0 spiro atoms. The Morgan fingerprint density at radius 2 is 2.04 bits per heavy atom. The van der Waals surface area contributed by atoms with Crippen molar-refractivity contribution in [1.82, 2.24) is 15.5 Å². The second-order valence-electron chi connectivity index (χ2n) is 7.37. The second-order valence-corrected chi connectivity index (χ2v) is 7.37. The third-order valence-corrected chi connectivity index (χ3v) is 5.59. The molecule has 0 amide bonds. The van der Waals surface area contributed by atoms with Crippen LogP contribution in [0.15, 0.2) is 27.8 Å². The minimum absolute atomic E-state index is 0. The van der Waals surface area contributed by atoms with Gasteiger partial charge in [-0.2, -0.15) is 0 Å². The highest BCUT2D eigenvalue weighted by molar-refractivity contribution is 14.0. The summed E-state index contributed by atoms with van der Waals surface area (Å²) >= 11 is 0. The van der Waals surface area contributed by atoms with Crippen LogP contribution in [0, 0.1) is 0 Å². The van der Waals surface area contributed by atoms with Crippen molar-refractivity contribution in [2.75, 3.05) is 53.0 Å². The Labute approximate surface area is 185 Å². The summed E-state index contributed by atoms with van der Waals surface area (Å²) in [6.45, 7) is 7.11. The maximum absolute atomic E-state index is 5.63. The lowest BCUT2D eigenvalue weighted by atomic mass is 9.88. The summed E-state index contributed by atoms with van der Waals surface area (Å²) in [4.78, 5) is 7.04. The van der Waals surface area contributed by atoms with Crippen molar-refractivity contribution in [2.45, 2.75) is 44.2 Å². The molecule has 0 aliphatic carbocycles. The monoisotopic (exact) mass is 506 g/mol. The molecule has 28 heavy (non-hydrogen) atoms.